The molecule has 3 rings (SSSR count). The van der Waals surface area contributed by atoms with Crippen LogP contribution in [0, 0.1) is 5.82 Å². The van der Waals surface area contributed by atoms with E-state index in [0.717, 1.165) is 5.56 Å². The molecule has 0 fully saturated rings. The van der Waals surface area contributed by atoms with Gasteiger partial charge < -0.3 is 24.1 Å². The topological polar surface area (TPSA) is 82.8 Å². The standard InChI is InChI=1S/C20H19FN2O5/c1-25-15-9-6-13(16(10-15)26-2)11-22-19-17(20(24)27-3)18(23-28-19)12-4-7-14(21)8-5-12/h4-10,22H,11H2,1-3H3. The highest BCUT2D eigenvalue weighted by Crippen LogP contribution is 2.31. The first-order chi connectivity index (χ1) is 13.6. The lowest BCUT2D eigenvalue weighted by molar-refractivity contribution is 0.0602. The van der Waals surface area contributed by atoms with Crippen LogP contribution in [0.2, 0.25) is 0 Å². The highest BCUT2D eigenvalue weighted by Gasteiger charge is 2.25. The average molecular weight is 386 g/mol. The van der Waals surface area contributed by atoms with Crippen molar-refractivity contribution < 1.29 is 27.9 Å². The Morgan fingerprint density at radius 3 is 2.50 bits per heavy atom. The number of methoxy groups -OCH3 is 3. The van der Waals surface area contributed by atoms with E-state index in [4.69, 9.17) is 18.7 Å². The third-order valence-corrected chi connectivity index (χ3v) is 4.13. The summed E-state index contributed by atoms with van der Waals surface area (Å²) in [6.07, 6.45) is 0. The van der Waals surface area contributed by atoms with E-state index in [1.165, 1.54) is 31.4 Å². The normalized spacial score (nSPS) is 10.4. The zero-order valence-electron chi connectivity index (χ0n) is 15.6. The number of hydrogen-bond acceptors (Lipinski definition) is 7. The highest BCUT2D eigenvalue weighted by molar-refractivity contribution is 6.00. The summed E-state index contributed by atoms with van der Waals surface area (Å²) in [5.41, 5.74) is 1.73. The molecule has 0 bridgehead atoms. The van der Waals surface area contributed by atoms with Gasteiger partial charge in [-0.15, -0.1) is 0 Å². The smallest absolute Gasteiger partial charge is 0.345 e. The molecule has 146 valence electrons. The van der Waals surface area contributed by atoms with Crippen LogP contribution < -0.4 is 14.8 Å². The molecule has 0 radical (unpaired) electrons. The van der Waals surface area contributed by atoms with Gasteiger partial charge in [-0.2, -0.15) is 0 Å². The number of halogens is 1. The molecule has 0 spiro atoms. The molecule has 3 aromatic rings. The van der Waals surface area contributed by atoms with Gasteiger partial charge in [-0.1, -0.05) is 5.16 Å². The van der Waals surface area contributed by atoms with Gasteiger partial charge in [0.2, 0.25) is 5.88 Å². The Kier molecular flexibility index (Phi) is 5.78. The van der Waals surface area contributed by atoms with Crippen molar-refractivity contribution in [3.8, 4) is 22.8 Å². The number of aromatic nitrogens is 1. The summed E-state index contributed by atoms with van der Waals surface area (Å²) in [6, 6.07) is 11.0. The molecule has 0 aliphatic carbocycles. The van der Waals surface area contributed by atoms with Gasteiger partial charge in [0.05, 0.1) is 21.3 Å². The predicted molar refractivity (Wildman–Crippen MR) is 100 cm³/mol. The highest BCUT2D eigenvalue weighted by atomic mass is 19.1. The van der Waals surface area contributed by atoms with E-state index in [2.05, 4.69) is 10.5 Å². The molecule has 8 heteroatoms. The second-order valence-corrected chi connectivity index (χ2v) is 5.77. The van der Waals surface area contributed by atoms with Crippen LogP contribution in [0.3, 0.4) is 0 Å². The van der Waals surface area contributed by atoms with Crippen LogP contribution in [0.4, 0.5) is 10.3 Å². The van der Waals surface area contributed by atoms with Gasteiger partial charge in [0, 0.05) is 23.7 Å². The maximum Gasteiger partial charge on any atom is 0.345 e. The van der Waals surface area contributed by atoms with Gasteiger partial charge in [-0.05, 0) is 36.4 Å². The fourth-order valence-electron chi connectivity index (χ4n) is 2.68. The molecule has 0 amide bonds. The number of rotatable bonds is 7. The Labute approximate surface area is 161 Å². The van der Waals surface area contributed by atoms with E-state index in [1.807, 2.05) is 6.07 Å². The maximum absolute atomic E-state index is 13.2. The third kappa shape index (κ3) is 3.90. The van der Waals surface area contributed by atoms with Gasteiger partial charge in [0.25, 0.3) is 0 Å². The quantitative estimate of drug-likeness (QED) is 0.617. The molecule has 28 heavy (non-hydrogen) atoms. The fourth-order valence-corrected chi connectivity index (χ4v) is 2.68. The summed E-state index contributed by atoms with van der Waals surface area (Å²) in [7, 11) is 4.39. The molecule has 0 atom stereocenters. The lowest BCUT2D eigenvalue weighted by atomic mass is 10.1. The van der Waals surface area contributed by atoms with Crippen LogP contribution in [0.25, 0.3) is 11.3 Å². The van der Waals surface area contributed by atoms with Crippen molar-refractivity contribution in [1.29, 1.82) is 0 Å². The fraction of sp³-hybridized carbons (Fsp3) is 0.200. The van der Waals surface area contributed by atoms with Gasteiger partial charge in [-0.3, -0.25) is 0 Å². The number of ether oxygens (including phenoxy) is 3. The first-order valence-corrected chi connectivity index (χ1v) is 8.36. The summed E-state index contributed by atoms with van der Waals surface area (Å²) in [4.78, 5) is 12.3. The van der Waals surface area contributed by atoms with Crippen LogP contribution >= 0.6 is 0 Å². The van der Waals surface area contributed by atoms with E-state index < -0.39 is 11.8 Å². The Morgan fingerprint density at radius 2 is 1.86 bits per heavy atom. The number of nitrogens with one attached hydrogen (secondary N) is 1. The van der Waals surface area contributed by atoms with Crippen LogP contribution in [0.5, 0.6) is 11.5 Å². The molecular formula is C20H19FN2O5. The predicted octanol–water partition coefficient (Wildman–Crippen LogP) is 3.90. The van der Waals surface area contributed by atoms with E-state index >= 15 is 0 Å². The summed E-state index contributed by atoms with van der Waals surface area (Å²) in [5, 5.41) is 6.99. The first kappa shape index (κ1) is 19.2. The monoisotopic (exact) mass is 386 g/mol. The van der Waals surface area contributed by atoms with Crippen LogP contribution in [0.1, 0.15) is 15.9 Å². The van der Waals surface area contributed by atoms with Crippen molar-refractivity contribution in [1.82, 2.24) is 5.16 Å². The Morgan fingerprint density at radius 1 is 1.11 bits per heavy atom. The van der Waals surface area contributed by atoms with E-state index in [1.54, 1.807) is 26.4 Å². The number of anilines is 1. The zero-order valence-corrected chi connectivity index (χ0v) is 15.6. The Hall–Kier alpha value is -3.55. The minimum absolute atomic E-state index is 0.126. The first-order valence-electron chi connectivity index (χ1n) is 8.36. The lowest BCUT2D eigenvalue weighted by Gasteiger charge is -2.11. The lowest BCUT2D eigenvalue weighted by Crippen LogP contribution is -2.08. The second kappa shape index (κ2) is 8.43. The van der Waals surface area contributed by atoms with Gasteiger partial charge >= 0.3 is 5.97 Å². The number of benzene rings is 2. The largest absolute Gasteiger partial charge is 0.497 e. The summed E-state index contributed by atoms with van der Waals surface area (Å²) >= 11 is 0. The molecule has 7 nitrogen and oxygen atoms in total. The van der Waals surface area contributed by atoms with Crippen molar-refractivity contribution in [3.05, 3.63) is 59.4 Å². The number of carbonyl (C=O) groups is 1. The van der Waals surface area contributed by atoms with Crippen molar-refractivity contribution in [2.45, 2.75) is 6.54 Å². The molecule has 0 aliphatic heterocycles. The molecule has 0 saturated carbocycles. The molecule has 0 unspecified atom stereocenters. The van der Waals surface area contributed by atoms with Gasteiger partial charge in [0.1, 0.15) is 23.0 Å². The SMILES string of the molecule is COC(=O)c1c(-c2ccc(F)cc2)noc1NCc1ccc(OC)cc1OC. The summed E-state index contributed by atoms with van der Waals surface area (Å²) < 4.78 is 33.9. The number of carbonyl (C=O) groups excluding carboxylic acids is 1. The Bertz CT molecular complexity index is 969. The summed E-state index contributed by atoms with van der Waals surface area (Å²) in [5.74, 6) is 0.407. The van der Waals surface area contributed by atoms with Gasteiger partial charge in [-0.25, -0.2) is 9.18 Å². The van der Waals surface area contributed by atoms with Crippen molar-refractivity contribution in [2.75, 3.05) is 26.6 Å². The van der Waals surface area contributed by atoms with Gasteiger partial charge in [0.15, 0.2) is 5.56 Å². The van der Waals surface area contributed by atoms with Crippen LogP contribution in [-0.4, -0.2) is 32.5 Å². The third-order valence-electron chi connectivity index (χ3n) is 4.13. The molecule has 1 aromatic heterocycles. The van der Waals surface area contributed by atoms with Crippen LogP contribution in [0.15, 0.2) is 47.0 Å². The molecular weight excluding hydrogens is 367 g/mol. The second-order valence-electron chi connectivity index (χ2n) is 5.77. The van der Waals surface area contributed by atoms with Crippen molar-refractivity contribution in [2.24, 2.45) is 0 Å². The average Bonchev–Trinajstić information content (AvgIpc) is 3.15. The molecule has 0 saturated heterocycles. The minimum Gasteiger partial charge on any atom is -0.497 e. The number of esters is 1. The van der Waals surface area contributed by atoms with E-state index in [9.17, 15) is 9.18 Å². The molecule has 1 N–H and O–H groups in total. The molecule has 0 aliphatic rings. The number of nitrogens with zero attached hydrogens (tertiary/aromatic N) is 1. The minimum atomic E-state index is -0.621. The van der Waals surface area contributed by atoms with Crippen molar-refractivity contribution >= 4 is 11.9 Å². The van der Waals surface area contributed by atoms with E-state index in [0.29, 0.717) is 23.6 Å². The Balaban J connectivity index is 1.90. The zero-order chi connectivity index (χ0) is 20.1. The summed E-state index contributed by atoms with van der Waals surface area (Å²) in [6.45, 7) is 0.301. The van der Waals surface area contributed by atoms with Crippen molar-refractivity contribution in [3.63, 3.8) is 0 Å². The van der Waals surface area contributed by atoms with Crippen LogP contribution in [-0.2, 0) is 11.3 Å². The number of hydrogen-bond donors (Lipinski definition) is 1. The molecule has 2 aromatic carbocycles. The molecule has 1 heterocycles. The van der Waals surface area contributed by atoms with E-state index in [-0.39, 0.29) is 17.1 Å². The maximum atomic E-state index is 13.2.